The molecule has 3 N–H and O–H groups in total. The average molecular weight is 267 g/mol. The Morgan fingerprint density at radius 1 is 1.05 bits per heavy atom. The SMILES string of the molecule is CCC1CCC(CN)(C2(O)CCC(C)C(C)C2)CC1. The van der Waals surface area contributed by atoms with Crippen LogP contribution in [-0.2, 0) is 0 Å². The number of nitrogens with two attached hydrogens (primary N) is 1. The van der Waals surface area contributed by atoms with Gasteiger partial charge in [0.1, 0.15) is 0 Å². The maximum atomic E-state index is 11.3. The minimum atomic E-state index is -0.494. The van der Waals surface area contributed by atoms with E-state index in [1.165, 1.54) is 19.3 Å². The van der Waals surface area contributed by atoms with Crippen molar-refractivity contribution < 1.29 is 5.11 Å². The van der Waals surface area contributed by atoms with E-state index in [0.29, 0.717) is 12.5 Å². The fourth-order valence-electron chi connectivity index (χ4n) is 4.57. The third kappa shape index (κ3) is 2.71. The van der Waals surface area contributed by atoms with Crippen molar-refractivity contribution in [3.05, 3.63) is 0 Å². The first-order chi connectivity index (χ1) is 8.96. The second kappa shape index (κ2) is 5.73. The number of rotatable bonds is 3. The van der Waals surface area contributed by atoms with E-state index in [0.717, 1.165) is 43.9 Å². The molecule has 3 atom stereocenters. The van der Waals surface area contributed by atoms with Crippen molar-refractivity contribution in [2.75, 3.05) is 6.54 Å². The van der Waals surface area contributed by atoms with Gasteiger partial charge in [0.2, 0.25) is 0 Å². The monoisotopic (exact) mass is 267 g/mol. The van der Waals surface area contributed by atoms with Crippen molar-refractivity contribution in [2.24, 2.45) is 28.9 Å². The molecule has 0 saturated heterocycles. The largest absolute Gasteiger partial charge is 0.389 e. The summed E-state index contributed by atoms with van der Waals surface area (Å²) in [4.78, 5) is 0. The Morgan fingerprint density at radius 2 is 1.68 bits per heavy atom. The smallest absolute Gasteiger partial charge is 0.0718 e. The molecule has 0 bridgehead atoms. The summed E-state index contributed by atoms with van der Waals surface area (Å²) in [5.74, 6) is 2.25. The summed E-state index contributed by atoms with van der Waals surface area (Å²) in [5.41, 5.74) is 5.67. The fraction of sp³-hybridized carbons (Fsp3) is 1.00. The van der Waals surface area contributed by atoms with E-state index in [1.54, 1.807) is 0 Å². The van der Waals surface area contributed by atoms with E-state index >= 15 is 0 Å². The molecule has 2 aliphatic rings. The molecular weight excluding hydrogens is 234 g/mol. The highest BCUT2D eigenvalue weighted by Crippen LogP contribution is 2.53. The molecular formula is C17H33NO. The molecule has 0 spiro atoms. The van der Waals surface area contributed by atoms with E-state index in [9.17, 15) is 5.11 Å². The molecule has 2 rings (SSSR count). The Bertz CT molecular complexity index is 296. The summed E-state index contributed by atoms with van der Waals surface area (Å²) in [6.45, 7) is 7.59. The molecule has 2 nitrogen and oxygen atoms in total. The van der Waals surface area contributed by atoms with Gasteiger partial charge in [-0.2, -0.15) is 0 Å². The predicted octanol–water partition coefficient (Wildman–Crippen LogP) is 3.72. The van der Waals surface area contributed by atoms with Crippen molar-refractivity contribution >= 4 is 0 Å². The lowest BCUT2D eigenvalue weighted by atomic mass is 9.55. The van der Waals surface area contributed by atoms with Crippen molar-refractivity contribution in [3.8, 4) is 0 Å². The molecule has 2 saturated carbocycles. The summed E-state index contributed by atoms with van der Waals surface area (Å²) in [5, 5.41) is 11.3. The summed E-state index contributed by atoms with van der Waals surface area (Å²) in [6, 6.07) is 0. The zero-order valence-electron chi connectivity index (χ0n) is 13.1. The van der Waals surface area contributed by atoms with Crippen LogP contribution in [0.3, 0.4) is 0 Å². The lowest BCUT2D eigenvalue weighted by molar-refractivity contribution is -0.143. The van der Waals surface area contributed by atoms with E-state index in [1.807, 2.05) is 0 Å². The molecule has 0 radical (unpaired) electrons. The first-order valence-corrected chi connectivity index (χ1v) is 8.39. The predicted molar refractivity (Wildman–Crippen MR) is 80.9 cm³/mol. The summed E-state index contributed by atoms with van der Waals surface area (Å²) in [7, 11) is 0. The van der Waals surface area contributed by atoms with Gasteiger partial charge in [-0.05, 0) is 62.7 Å². The van der Waals surface area contributed by atoms with Crippen molar-refractivity contribution in [2.45, 2.75) is 77.7 Å². The maximum absolute atomic E-state index is 11.3. The summed E-state index contributed by atoms with van der Waals surface area (Å²) in [6.07, 6.45) is 9.18. The molecule has 0 heterocycles. The van der Waals surface area contributed by atoms with E-state index in [2.05, 4.69) is 20.8 Å². The zero-order valence-corrected chi connectivity index (χ0v) is 13.1. The average Bonchev–Trinajstić information content (AvgIpc) is 2.43. The van der Waals surface area contributed by atoms with Gasteiger partial charge in [0.05, 0.1) is 5.60 Å². The second-order valence-corrected chi connectivity index (χ2v) is 7.57. The van der Waals surface area contributed by atoms with Crippen LogP contribution in [0.15, 0.2) is 0 Å². The first-order valence-electron chi connectivity index (χ1n) is 8.39. The molecule has 0 aromatic rings. The van der Waals surface area contributed by atoms with Gasteiger partial charge in [-0.25, -0.2) is 0 Å². The quantitative estimate of drug-likeness (QED) is 0.818. The van der Waals surface area contributed by atoms with Gasteiger partial charge in [-0.1, -0.05) is 27.2 Å². The fourth-order valence-corrected chi connectivity index (χ4v) is 4.57. The Kier molecular flexibility index (Phi) is 4.62. The van der Waals surface area contributed by atoms with E-state index in [-0.39, 0.29) is 5.41 Å². The van der Waals surface area contributed by atoms with Gasteiger partial charge in [-0.15, -0.1) is 0 Å². The normalized spacial score (nSPS) is 48.2. The third-order valence-corrected chi connectivity index (χ3v) is 6.66. The Hall–Kier alpha value is -0.0800. The lowest BCUT2D eigenvalue weighted by Gasteiger charge is -2.54. The first kappa shape index (κ1) is 15.3. The second-order valence-electron chi connectivity index (χ2n) is 7.57. The van der Waals surface area contributed by atoms with Gasteiger partial charge >= 0.3 is 0 Å². The van der Waals surface area contributed by atoms with Crippen LogP contribution >= 0.6 is 0 Å². The molecule has 112 valence electrons. The van der Waals surface area contributed by atoms with Crippen molar-refractivity contribution in [1.82, 2.24) is 0 Å². The minimum Gasteiger partial charge on any atom is -0.389 e. The van der Waals surface area contributed by atoms with Gasteiger partial charge < -0.3 is 10.8 Å². The van der Waals surface area contributed by atoms with Crippen LogP contribution < -0.4 is 5.73 Å². The highest BCUT2D eigenvalue weighted by Gasteiger charge is 2.52. The van der Waals surface area contributed by atoms with Crippen LogP contribution in [0.4, 0.5) is 0 Å². The van der Waals surface area contributed by atoms with Crippen LogP contribution in [-0.4, -0.2) is 17.3 Å². The Morgan fingerprint density at radius 3 is 2.16 bits per heavy atom. The van der Waals surface area contributed by atoms with E-state index < -0.39 is 5.60 Å². The van der Waals surface area contributed by atoms with Gasteiger partial charge in [0.15, 0.2) is 0 Å². The zero-order chi connectivity index (χ0) is 14.1. The molecule has 2 fully saturated rings. The highest BCUT2D eigenvalue weighted by atomic mass is 16.3. The van der Waals surface area contributed by atoms with Crippen molar-refractivity contribution in [3.63, 3.8) is 0 Å². The molecule has 2 heteroatoms. The Labute approximate surface area is 119 Å². The molecule has 0 aromatic carbocycles. The van der Waals surface area contributed by atoms with Crippen LogP contribution in [0.25, 0.3) is 0 Å². The van der Waals surface area contributed by atoms with Gasteiger partial charge in [0, 0.05) is 12.0 Å². The molecule has 0 amide bonds. The highest BCUT2D eigenvalue weighted by molar-refractivity contribution is 5.04. The molecule has 2 aliphatic carbocycles. The van der Waals surface area contributed by atoms with Gasteiger partial charge in [-0.3, -0.25) is 0 Å². The maximum Gasteiger partial charge on any atom is 0.0718 e. The van der Waals surface area contributed by atoms with Crippen molar-refractivity contribution in [1.29, 1.82) is 0 Å². The molecule has 19 heavy (non-hydrogen) atoms. The van der Waals surface area contributed by atoms with E-state index in [4.69, 9.17) is 5.73 Å². The summed E-state index contributed by atoms with van der Waals surface area (Å²) >= 11 is 0. The topological polar surface area (TPSA) is 46.2 Å². The number of hydrogen-bond donors (Lipinski definition) is 2. The molecule has 0 aromatic heterocycles. The summed E-state index contributed by atoms with van der Waals surface area (Å²) < 4.78 is 0. The standard InChI is InChI=1S/C17H33NO/c1-4-15-6-8-16(12-18,9-7-15)17(19)10-5-13(2)14(3)11-17/h13-15,19H,4-12,18H2,1-3H3. The van der Waals surface area contributed by atoms with Crippen LogP contribution in [0, 0.1) is 23.2 Å². The molecule has 0 aliphatic heterocycles. The number of aliphatic hydroxyl groups is 1. The number of hydrogen-bond acceptors (Lipinski definition) is 2. The van der Waals surface area contributed by atoms with Crippen LogP contribution in [0.2, 0.25) is 0 Å². The van der Waals surface area contributed by atoms with Crippen LogP contribution in [0.5, 0.6) is 0 Å². The minimum absolute atomic E-state index is 0.00701. The van der Waals surface area contributed by atoms with Gasteiger partial charge in [0.25, 0.3) is 0 Å². The van der Waals surface area contributed by atoms with Crippen LogP contribution in [0.1, 0.15) is 72.1 Å². The lowest BCUT2D eigenvalue weighted by Crippen LogP contribution is -2.57. The molecule has 3 unspecified atom stereocenters. The Balaban J connectivity index is 2.12. The third-order valence-electron chi connectivity index (χ3n) is 6.66.